The number of hydrogen-bond acceptors (Lipinski definition) is 8. The van der Waals surface area contributed by atoms with Gasteiger partial charge in [0.05, 0.1) is 20.3 Å². The summed E-state index contributed by atoms with van der Waals surface area (Å²) >= 11 is 0. The van der Waals surface area contributed by atoms with Crippen LogP contribution in [0.4, 0.5) is 0 Å². The Morgan fingerprint density at radius 1 is 1.38 bits per heavy atom. The fraction of sp³-hybridized carbons (Fsp3) is 0.625. The second-order valence-electron chi connectivity index (χ2n) is 3.04. The Morgan fingerprint density at radius 2 is 1.88 bits per heavy atom. The maximum Gasteiger partial charge on any atom is 0.351 e. The van der Waals surface area contributed by atoms with E-state index in [1.807, 2.05) is 0 Å². The number of hydrogen-bond donors (Lipinski definition) is 0. The Morgan fingerprint density at radius 3 is 2.25 bits per heavy atom. The number of likely N-dealkylation sites (N-methyl/N-ethyl adjacent to an activating group) is 1. The Bertz CT molecular complexity index is 370. The lowest BCUT2D eigenvalue weighted by atomic mass is 9.92. The molecule has 0 N–H and O–H groups in total. The summed E-state index contributed by atoms with van der Waals surface area (Å²) < 4.78 is 8.94. The van der Waals surface area contributed by atoms with Crippen molar-refractivity contribution >= 4 is 11.9 Å². The molecule has 0 aromatic carbocycles. The van der Waals surface area contributed by atoms with E-state index in [4.69, 9.17) is 5.26 Å². The van der Waals surface area contributed by atoms with Crippen molar-refractivity contribution in [3.8, 4) is 6.07 Å². The molecule has 1 heterocycles. The number of nitrogens with zero attached hydrogens (tertiary/aromatic N) is 4. The van der Waals surface area contributed by atoms with E-state index >= 15 is 0 Å². The molecule has 0 saturated heterocycles. The van der Waals surface area contributed by atoms with Crippen LogP contribution in [-0.4, -0.2) is 49.8 Å². The summed E-state index contributed by atoms with van der Waals surface area (Å²) in [5.41, 5.74) is -2.05. The molecule has 1 aliphatic rings. The molecule has 0 saturated carbocycles. The molecule has 0 aromatic rings. The molecule has 0 aliphatic carbocycles. The zero-order valence-corrected chi connectivity index (χ0v) is 9.00. The van der Waals surface area contributed by atoms with E-state index in [9.17, 15) is 9.59 Å². The average Bonchev–Trinajstić information content (AvgIpc) is 2.65. The first kappa shape index (κ1) is 11.9. The summed E-state index contributed by atoms with van der Waals surface area (Å²) in [6, 6.07) is 0.598. The summed E-state index contributed by atoms with van der Waals surface area (Å²) in [6.07, 6.45) is 0. The van der Waals surface area contributed by atoms with Crippen molar-refractivity contribution in [2.75, 3.05) is 21.3 Å². The minimum absolute atomic E-state index is 0.973. The van der Waals surface area contributed by atoms with Crippen molar-refractivity contribution < 1.29 is 19.1 Å². The SMILES string of the molecule is COC(=O)C1(C(=O)OC)N=NN(C)C1C#N. The molecule has 1 unspecified atom stereocenters. The van der Waals surface area contributed by atoms with Gasteiger partial charge in [-0.1, -0.05) is 5.22 Å². The quantitative estimate of drug-likeness (QED) is 0.454. The Balaban J connectivity index is 3.26. The number of nitriles is 1. The highest BCUT2D eigenvalue weighted by Crippen LogP contribution is 2.30. The molecule has 0 spiro atoms. The van der Waals surface area contributed by atoms with Crippen LogP contribution >= 0.6 is 0 Å². The Labute approximate surface area is 91.4 Å². The molecule has 1 rings (SSSR count). The van der Waals surface area contributed by atoms with E-state index in [0.29, 0.717) is 0 Å². The highest BCUT2D eigenvalue weighted by Gasteiger charge is 2.61. The first-order valence-corrected chi connectivity index (χ1v) is 4.26. The third-order valence-corrected chi connectivity index (χ3v) is 2.23. The maximum absolute atomic E-state index is 11.6. The summed E-state index contributed by atoms with van der Waals surface area (Å²) in [5, 5.41) is 17.1. The zero-order chi connectivity index (χ0) is 12.3. The van der Waals surface area contributed by atoms with Crippen LogP contribution in [-0.2, 0) is 19.1 Å². The summed E-state index contributed by atoms with van der Waals surface area (Å²) in [6.45, 7) is 0. The van der Waals surface area contributed by atoms with Gasteiger partial charge in [-0.3, -0.25) is 5.01 Å². The lowest BCUT2D eigenvalue weighted by molar-refractivity contribution is -0.161. The molecule has 0 aromatic heterocycles. The number of esters is 2. The molecule has 0 radical (unpaired) electrons. The van der Waals surface area contributed by atoms with E-state index in [1.165, 1.54) is 7.05 Å². The number of rotatable bonds is 2. The predicted molar refractivity (Wildman–Crippen MR) is 48.8 cm³/mol. The molecule has 0 bridgehead atoms. The van der Waals surface area contributed by atoms with Gasteiger partial charge >= 0.3 is 17.5 Å². The van der Waals surface area contributed by atoms with E-state index in [0.717, 1.165) is 19.2 Å². The van der Waals surface area contributed by atoms with E-state index in [1.54, 1.807) is 6.07 Å². The summed E-state index contributed by atoms with van der Waals surface area (Å²) in [4.78, 5) is 23.2. The summed E-state index contributed by atoms with van der Waals surface area (Å²) in [5.74, 6) is -1.95. The molecule has 1 atom stereocenters. The highest BCUT2D eigenvalue weighted by atomic mass is 16.5. The normalized spacial score (nSPS) is 21.4. The van der Waals surface area contributed by atoms with Gasteiger partial charge in [0, 0.05) is 7.05 Å². The third-order valence-electron chi connectivity index (χ3n) is 2.23. The second-order valence-corrected chi connectivity index (χ2v) is 3.04. The molecular formula is C8H10N4O4. The molecule has 0 amide bonds. The maximum atomic E-state index is 11.6. The van der Waals surface area contributed by atoms with Crippen LogP contribution in [0.2, 0.25) is 0 Å². The minimum Gasteiger partial charge on any atom is -0.467 e. The van der Waals surface area contributed by atoms with E-state index in [2.05, 4.69) is 19.8 Å². The number of carbonyl (C=O) groups excluding carboxylic acids is 2. The predicted octanol–water partition coefficient (Wildman–Crippen LogP) is -0.724. The van der Waals surface area contributed by atoms with Crippen LogP contribution < -0.4 is 0 Å². The second kappa shape index (κ2) is 4.14. The van der Waals surface area contributed by atoms with Crippen LogP contribution in [0, 0.1) is 11.3 Å². The van der Waals surface area contributed by atoms with Gasteiger partial charge in [0.15, 0.2) is 6.04 Å². The van der Waals surface area contributed by atoms with Crippen LogP contribution in [0.15, 0.2) is 10.3 Å². The smallest absolute Gasteiger partial charge is 0.351 e. The molecule has 8 nitrogen and oxygen atoms in total. The standard InChI is InChI=1S/C8H10N4O4/c1-12-5(4-9)8(10-11-12,6(13)15-2)7(14)16-3/h5H,1-3H3. The van der Waals surface area contributed by atoms with Gasteiger partial charge in [0.1, 0.15) is 0 Å². The van der Waals surface area contributed by atoms with Gasteiger partial charge in [-0.2, -0.15) is 5.26 Å². The van der Waals surface area contributed by atoms with Crippen molar-refractivity contribution in [1.82, 2.24) is 5.01 Å². The average molecular weight is 226 g/mol. The molecule has 0 fully saturated rings. The number of carbonyl (C=O) groups is 2. The van der Waals surface area contributed by atoms with Crippen molar-refractivity contribution in [1.29, 1.82) is 5.26 Å². The molecule has 1 aliphatic heterocycles. The van der Waals surface area contributed by atoms with Crippen LogP contribution in [0.3, 0.4) is 0 Å². The van der Waals surface area contributed by atoms with Crippen LogP contribution in [0.25, 0.3) is 0 Å². The van der Waals surface area contributed by atoms with Gasteiger partial charge in [-0.25, -0.2) is 9.59 Å². The molecule has 16 heavy (non-hydrogen) atoms. The molecule has 86 valence electrons. The fourth-order valence-electron chi connectivity index (χ4n) is 1.39. The van der Waals surface area contributed by atoms with Gasteiger partial charge in [0.2, 0.25) is 0 Å². The van der Waals surface area contributed by atoms with Crippen LogP contribution in [0.5, 0.6) is 0 Å². The molecular weight excluding hydrogens is 216 g/mol. The van der Waals surface area contributed by atoms with Gasteiger partial charge in [0.25, 0.3) is 0 Å². The van der Waals surface area contributed by atoms with Crippen molar-refractivity contribution in [3.63, 3.8) is 0 Å². The monoisotopic (exact) mass is 226 g/mol. The first-order valence-electron chi connectivity index (χ1n) is 4.26. The van der Waals surface area contributed by atoms with Gasteiger partial charge in [-0.15, -0.1) is 5.11 Å². The van der Waals surface area contributed by atoms with Crippen molar-refractivity contribution in [2.24, 2.45) is 10.3 Å². The van der Waals surface area contributed by atoms with Crippen LogP contribution in [0.1, 0.15) is 0 Å². The number of methoxy groups -OCH3 is 2. The third kappa shape index (κ3) is 1.37. The summed E-state index contributed by atoms with van der Waals surface area (Å²) in [7, 11) is 3.61. The Kier molecular flexibility index (Phi) is 3.08. The molecule has 8 heteroatoms. The van der Waals surface area contributed by atoms with E-state index < -0.39 is 23.5 Å². The van der Waals surface area contributed by atoms with Crippen molar-refractivity contribution in [2.45, 2.75) is 11.6 Å². The van der Waals surface area contributed by atoms with Gasteiger partial charge in [-0.05, 0) is 0 Å². The number of ether oxygens (including phenoxy) is 2. The lowest BCUT2D eigenvalue weighted by Crippen LogP contribution is -2.56. The lowest BCUT2D eigenvalue weighted by Gasteiger charge is -2.23. The minimum atomic E-state index is -2.05. The topological polar surface area (TPSA) is 104 Å². The Hall–Kier alpha value is -2.17. The van der Waals surface area contributed by atoms with E-state index in [-0.39, 0.29) is 0 Å². The largest absolute Gasteiger partial charge is 0.467 e. The highest BCUT2D eigenvalue weighted by molar-refractivity contribution is 6.06. The zero-order valence-electron chi connectivity index (χ0n) is 9.00. The van der Waals surface area contributed by atoms with Crippen molar-refractivity contribution in [3.05, 3.63) is 0 Å². The van der Waals surface area contributed by atoms with Gasteiger partial charge < -0.3 is 9.47 Å². The fourth-order valence-corrected chi connectivity index (χ4v) is 1.39. The first-order chi connectivity index (χ1) is 7.54.